The fourth-order valence-corrected chi connectivity index (χ4v) is 10.7. The summed E-state index contributed by atoms with van der Waals surface area (Å²) in [6.45, 7) is 4.27. The highest BCUT2D eigenvalue weighted by Gasteiger charge is 2.39. The van der Waals surface area contributed by atoms with Crippen LogP contribution in [0, 0.1) is 5.82 Å². The lowest BCUT2D eigenvalue weighted by molar-refractivity contribution is 0.550. The molecule has 5 heteroatoms. The van der Waals surface area contributed by atoms with Crippen molar-refractivity contribution in [3.05, 3.63) is 115 Å². The van der Waals surface area contributed by atoms with E-state index in [1.807, 2.05) is 54.6 Å². The average molecular weight is 465 g/mol. The zero-order chi connectivity index (χ0) is 22.5. The van der Waals surface area contributed by atoms with Crippen molar-refractivity contribution in [1.82, 2.24) is 4.44 Å². The van der Waals surface area contributed by atoms with Crippen LogP contribution < -0.4 is 15.9 Å². The minimum absolute atomic E-state index is 0.0888. The van der Waals surface area contributed by atoms with Gasteiger partial charge in [0.15, 0.2) is 0 Å². The first kappa shape index (κ1) is 23.0. The molecule has 4 rings (SSSR count). The number of hydrogen-bond donors (Lipinski definition) is 0. The van der Waals surface area contributed by atoms with E-state index in [1.165, 1.54) is 22.8 Å². The second-order valence-corrected chi connectivity index (χ2v) is 12.6. The van der Waals surface area contributed by atoms with E-state index in [9.17, 15) is 0 Å². The Balaban J connectivity index is 1.93. The van der Waals surface area contributed by atoms with Gasteiger partial charge in [-0.05, 0) is 43.0 Å². The SMILES string of the molecule is CC(C)N(P(c1ccccc1)c1ccccc1)P(c1ccccc1F)C1CC=CC=C1F. The molecule has 0 saturated carbocycles. The molecule has 0 N–H and O–H groups in total. The van der Waals surface area contributed by atoms with Crippen LogP contribution in [0.2, 0.25) is 0 Å². The molecule has 164 valence electrons. The topological polar surface area (TPSA) is 3.24 Å². The second kappa shape index (κ2) is 10.6. The quantitative estimate of drug-likeness (QED) is 0.348. The van der Waals surface area contributed by atoms with E-state index in [1.54, 1.807) is 12.1 Å². The first-order valence-electron chi connectivity index (χ1n) is 10.8. The molecule has 2 atom stereocenters. The molecule has 0 spiro atoms. The number of benzene rings is 3. The minimum Gasteiger partial charge on any atom is -0.245 e. The van der Waals surface area contributed by atoms with Crippen LogP contribution in [0.4, 0.5) is 8.78 Å². The second-order valence-electron chi connectivity index (χ2n) is 7.92. The lowest BCUT2D eigenvalue weighted by atomic mass is 10.2. The maximum absolute atomic E-state index is 15.3. The van der Waals surface area contributed by atoms with Gasteiger partial charge in [0, 0.05) is 27.5 Å². The number of rotatable bonds is 7. The Morgan fingerprint density at radius 2 is 1.38 bits per heavy atom. The van der Waals surface area contributed by atoms with Crippen LogP contribution in [0.1, 0.15) is 20.3 Å². The van der Waals surface area contributed by atoms with Crippen LogP contribution in [0.15, 0.2) is 109 Å². The van der Waals surface area contributed by atoms with Crippen LogP contribution in [0.25, 0.3) is 0 Å². The summed E-state index contributed by atoms with van der Waals surface area (Å²) >= 11 is 0. The fourth-order valence-electron chi connectivity index (χ4n) is 3.97. The van der Waals surface area contributed by atoms with Gasteiger partial charge in [0.1, 0.15) is 11.6 Å². The molecule has 0 heterocycles. The van der Waals surface area contributed by atoms with Gasteiger partial charge in [-0.3, -0.25) is 0 Å². The van der Waals surface area contributed by atoms with Crippen molar-refractivity contribution in [2.24, 2.45) is 0 Å². The molecule has 3 aromatic carbocycles. The molecule has 0 amide bonds. The van der Waals surface area contributed by atoms with E-state index in [0.29, 0.717) is 11.7 Å². The van der Waals surface area contributed by atoms with E-state index in [4.69, 9.17) is 0 Å². The molecule has 1 aliphatic rings. The normalized spacial score (nSPS) is 17.1. The van der Waals surface area contributed by atoms with Gasteiger partial charge < -0.3 is 0 Å². The van der Waals surface area contributed by atoms with E-state index >= 15 is 8.78 Å². The van der Waals surface area contributed by atoms with E-state index in [2.05, 4.69) is 42.6 Å². The highest BCUT2D eigenvalue weighted by atomic mass is 31.2. The Hall–Kier alpha value is -2.18. The summed E-state index contributed by atoms with van der Waals surface area (Å²) in [7, 11) is -2.33. The third kappa shape index (κ3) is 4.91. The van der Waals surface area contributed by atoms with Crippen molar-refractivity contribution >= 4 is 32.1 Å². The smallest absolute Gasteiger partial charge is 0.132 e. The Bertz CT molecular complexity index is 1040. The van der Waals surface area contributed by atoms with Crippen LogP contribution >= 0.6 is 16.1 Å². The maximum atomic E-state index is 15.3. The van der Waals surface area contributed by atoms with Gasteiger partial charge in [-0.2, -0.15) is 0 Å². The summed E-state index contributed by atoms with van der Waals surface area (Å²) in [5.41, 5.74) is -0.383. The average Bonchev–Trinajstić information content (AvgIpc) is 2.82. The molecule has 1 aliphatic carbocycles. The minimum atomic E-state index is -1.33. The number of nitrogens with zero attached hydrogens (tertiary/aromatic N) is 1. The van der Waals surface area contributed by atoms with Crippen LogP contribution in [0.5, 0.6) is 0 Å². The molecule has 0 fully saturated rings. The Kier molecular flexibility index (Phi) is 7.63. The Morgan fingerprint density at radius 1 is 0.812 bits per heavy atom. The fraction of sp³-hybridized carbons (Fsp3) is 0.185. The van der Waals surface area contributed by atoms with Gasteiger partial charge in [0.25, 0.3) is 0 Å². The lowest BCUT2D eigenvalue weighted by Gasteiger charge is -2.44. The maximum Gasteiger partial charge on any atom is 0.132 e. The van der Waals surface area contributed by atoms with Gasteiger partial charge >= 0.3 is 0 Å². The predicted octanol–water partition coefficient (Wildman–Crippen LogP) is 6.79. The molecule has 0 aromatic heterocycles. The first-order chi connectivity index (χ1) is 15.6. The van der Waals surface area contributed by atoms with Crippen molar-refractivity contribution in [2.75, 3.05) is 0 Å². The zero-order valence-electron chi connectivity index (χ0n) is 18.3. The molecule has 0 radical (unpaired) electrons. The summed E-state index contributed by atoms with van der Waals surface area (Å²) in [4.78, 5) is 0. The summed E-state index contributed by atoms with van der Waals surface area (Å²) < 4.78 is 33.0. The first-order valence-corrected chi connectivity index (χ1v) is 13.5. The zero-order valence-corrected chi connectivity index (χ0v) is 20.1. The number of hydrogen-bond acceptors (Lipinski definition) is 1. The highest BCUT2D eigenvalue weighted by Crippen LogP contribution is 2.61. The molecule has 0 bridgehead atoms. The Morgan fingerprint density at radius 3 is 1.91 bits per heavy atom. The van der Waals surface area contributed by atoms with Crippen molar-refractivity contribution in [2.45, 2.75) is 32.0 Å². The van der Waals surface area contributed by atoms with Crippen molar-refractivity contribution in [3.8, 4) is 0 Å². The summed E-state index contributed by atoms with van der Waals surface area (Å²) in [5, 5.41) is 2.98. The van der Waals surface area contributed by atoms with Crippen molar-refractivity contribution in [1.29, 1.82) is 0 Å². The molecule has 2 unspecified atom stereocenters. The molecule has 0 aliphatic heterocycles. The summed E-state index contributed by atoms with van der Waals surface area (Å²) in [6, 6.07) is 27.7. The van der Waals surface area contributed by atoms with E-state index in [0.717, 1.165) is 0 Å². The van der Waals surface area contributed by atoms with E-state index in [-0.39, 0.29) is 23.3 Å². The largest absolute Gasteiger partial charge is 0.245 e. The number of allylic oxidation sites excluding steroid dienone is 4. The van der Waals surface area contributed by atoms with Crippen molar-refractivity contribution < 1.29 is 8.78 Å². The van der Waals surface area contributed by atoms with Gasteiger partial charge in [0.05, 0.1) is 5.66 Å². The van der Waals surface area contributed by atoms with Crippen LogP contribution in [0.3, 0.4) is 0 Å². The molecule has 0 saturated heterocycles. The van der Waals surface area contributed by atoms with E-state index < -0.39 is 16.1 Å². The molecular weight excluding hydrogens is 438 g/mol. The molecule has 32 heavy (non-hydrogen) atoms. The lowest BCUT2D eigenvalue weighted by Crippen LogP contribution is -2.37. The highest BCUT2D eigenvalue weighted by molar-refractivity contribution is 7.82. The van der Waals surface area contributed by atoms with Crippen LogP contribution in [-0.2, 0) is 0 Å². The monoisotopic (exact) mass is 465 g/mol. The van der Waals surface area contributed by atoms with Gasteiger partial charge in [-0.25, -0.2) is 13.2 Å². The summed E-state index contributed by atoms with van der Waals surface area (Å²) in [6.07, 6.45) is 5.86. The molecular formula is C27H27F2NP2. The van der Waals surface area contributed by atoms with Gasteiger partial charge in [-0.1, -0.05) is 91.0 Å². The van der Waals surface area contributed by atoms with Gasteiger partial charge in [0.2, 0.25) is 0 Å². The number of halogens is 2. The standard InChI is InChI=1S/C27H27F2NP2/c1-21(2)30(31(22-13-5-3-6-14-22)23-15-7-4-8-16-23)32(26-19-11-9-17-24(26)28)27-20-12-10-18-25(27)29/h3-19,21,27H,20H2,1-2H3. The van der Waals surface area contributed by atoms with Gasteiger partial charge in [-0.15, -0.1) is 0 Å². The molecule has 3 aromatic rings. The van der Waals surface area contributed by atoms with Crippen molar-refractivity contribution in [3.63, 3.8) is 0 Å². The molecule has 1 nitrogen and oxygen atoms in total. The Labute approximate surface area is 192 Å². The predicted molar refractivity (Wildman–Crippen MR) is 136 cm³/mol. The third-order valence-electron chi connectivity index (χ3n) is 5.35. The summed E-state index contributed by atoms with van der Waals surface area (Å²) in [5.74, 6) is -0.425. The third-order valence-corrected chi connectivity index (χ3v) is 11.7. The van der Waals surface area contributed by atoms with Crippen LogP contribution in [-0.4, -0.2) is 16.1 Å².